The first-order valence-corrected chi connectivity index (χ1v) is 6.84. The summed E-state index contributed by atoms with van der Waals surface area (Å²) in [5.41, 5.74) is 4.01. The van der Waals surface area contributed by atoms with Gasteiger partial charge in [-0.15, -0.1) is 0 Å². The van der Waals surface area contributed by atoms with E-state index in [1.807, 2.05) is 30.3 Å². The molecule has 0 bridgehead atoms. The lowest BCUT2D eigenvalue weighted by molar-refractivity contribution is 0.415. The first-order chi connectivity index (χ1) is 9.80. The van der Waals surface area contributed by atoms with Crippen LogP contribution in [0.1, 0.15) is 18.9 Å². The van der Waals surface area contributed by atoms with Crippen molar-refractivity contribution in [2.75, 3.05) is 7.11 Å². The van der Waals surface area contributed by atoms with Crippen molar-refractivity contribution in [2.45, 2.75) is 19.8 Å². The third-order valence-corrected chi connectivity index (χ3v) is 3.33. The van der Waals surface area contributed by atoms with Crippen LogP contribution < -0.4 is 4.74 Å². The lowest BCUT2D eigenvalue weighted by Gasteiger charge is -1.99. The van der Waals surface area contributed by atoms with Gasteiger partial charge in [0.1, 0.15) is 11.3 Å². The topological polar surface area (TPSA) is 35.3 Å². The normalized spacial score (nSPS) is 10.9. The van der Waals surface area contributed by atoms with Gasteiger partial charge in [-0.3, -0.25) is 0 Å². The number of benzene rings is 2. The highest BCUT2D eigenvalue weighted by atomic mass is 16.5. The van der Waals surface area contributed by atoms with E-state index in [0.717, 1.165) is 35.3 Å². The third-order valence-electron chi connectivity index (χ3n) is 3.33. The first kappa shape index (κ1) is 12.7. The van der Waals surface area contributed by atoms with E-state index in [1.54, 1.807) is 7.11 Å². The van der Waals surface area contributed by atoms with Crippen molar-refractivity contribution in [1.82, 2.24) is 4.98 Å². The molecule has 0 amide bonds. The van der Waals surface area contributed by atoms with Gasteiger partial charge < -0.3 is 9.15 Å². The van der Waals surface area contributed by atoms with Gasteiger partial charge in [0, 0.05) is 5.56 Å². The average Bonchev–Trinajstić information content (AvgIpc) is 2.91. The van der Waals surface area contributed by atoms with Gasteiger partial charge in [-0.1, -0.05) is 19.4 Å². The van der Waals surface area contributed by atoms with E-state index >= 15 is 0 Å². The predicted octanol–water partition coefficient (Wildman–Crippen LogP) is 4.46. The second kappa shape index (κ2) is 5.37. The molecule has 3 aromatic rings. The van der Waals surface area contributed by atoms with E-state index < -0.39 is 0 Å². The summed E-state index contributed by atoms with van der Waals surface area (Å²) >= 11 is 0. The molecule has 3 nitrogen and oxygen atoms in total. The molecule has 0 aliphatic heterocycles. The maximum atomic E-state index is 5.81. The summed E-state index contributed by atoms with van der Waals surface area (Å²) in [6.07, 6.45) is 2.20. The summed E-state index contributed by atoms with van der Waals surface area (Å²) in [6, 6.07) is 13.9. The number of fused-ring (bicyclic) bond motifs is 1. The van der Waals surface area contributed by atoms with Crippen molar-refractivity contribution in [3.05, 3.63) is 48.0 Å². The van der Waals surface area contributed by atoms with Crippen molar-refractivity contribution < 1.29 is 9.15 Å². The molecule has 0 radical (unpaired) electrons. The van der Waals surface area contributed by atoms with Crippen LogP contribution in [0, 0.1) is 0 Å². The van der Waals surface area contributed by atoms with Crippen LogP contribution in [-0.2, 0) is 6.42 Å². The maximum absolute atomic E-state index is 5.81. The Bertz CT molecular complexity index is 713. The minimum atomic E-state index is 0.649. The Morgan fingerprint density at radius 1 is 1.10 bits per heavy atom. The van der Waals surface area contributed by atoms with Crippen molar-refractivity contribution >= 4 is 11.1 Å². The van der Waals surface area contributed by atoms with Crippen LogP contribution >= 0.6 is 0 Å². The van der Waals surface area contributed by atoms with Crippen molar-refractivity contribution in [3.63, 3.8) is 0 Å². The van der Waals surface area contributed by atoms with Crippen LogP contribution in [0.4, 0.5) is 0 Å². The molecule has 0 N–H and O–H groups in total. The molecule has 102 valence electrons. The Morgan fingerprint density at radius 2 is 1.90 bits per heavy atom. The molecule has 1 heterocycles. The van der Waals surface area contributed by atoms with Crippen LogP contribution in [0.15, 0.2) is 46.9 Å². The van der Waals surface area contributed by atoms with Crippen molar-refractivity contribution in [2.24, 2.45) is 0 Å². The molecule has 0 aliphatic rings. The fraction of sp³-hybridized carbons (Fsp3) is 0.235. The molecule has 1 aromatic heterocycles. The highest BCUT2D eigenvalue weighted by Crippen LogP contribution is 2.26. The second-order valence-electron chi connectivity index (χ2n) is 4.80. The number of hydrogen-bond donors (Lipinski definition) is 0. The number of ether oxygens (including phenoxy) is 1. The SMILES string of the molecule is CCCc1ccc2oc(-c3ccc(OC)cc3)nc2c1. The maximum Gasteiger partial charge on any atom is 0.227 e. The molecule has 3 heteroatoms. The number of aryl methyl sites for hydroxylation is 1. The molecule has 2 aromatic carbocycles. The Balaban J connectivity index is 1.98. The van der Waals surface area contributed by atoms with Gasteiger partial charge in [-0.25, -0.2) is 4.98 Å². The minimum absolute atomic E-state index is 0.649. The molecule has 3 rings (SSSR count). The number of aromatic nitrogens is 1. The van der Waals surface area contributed by atoms with Crippen LogP contribution in [-0.4, -0.2) is 12.1 Å². The number of rotatable bonds is 4. The molecule has 20 heavy (non-hydrogen) atoms. The van der Waals surface area contributed by atoms with Gasteiger partial charge >= 0.3 is 0 Å². The predicted molar refractivity (Wildman–Crippen MR) is 80.0 cm³/mol. The van der Waals surface area contributed by atoms with Gasteiger partial charge in [0.2, 0.25) is 5.89 Å². The zero-order chi connectivity index (χ0) is 13.9. The minimum Gasteiger partial charge on any atom is -0.497 e. The molecule has 0 saturated carbocycles. The Kier molecular flexibility index (Phi) is 3.42. The molecule has 0 spiro atoms. The zero-order valence-corrected chi connectivity index (χ0v) is 11.7. The van der Waals surface area contributed by atoms with Gasteiger partial charge in [-0.05, 0) is 48.4 Å². The lowest BCUT2D eigenvalue weighted by Crippen LogP contribution is -1.83. The lowest BCUT2D eigenvalue weighted by atomic mass is 10.1. The van der Waals surface area contributed by atoms with E-state index in [9.17, 15) is 0 Å². The highest BCUT2D eigenvalue weighted by Gasteiger charge is 2.08. The summed E-state index contributed by atoms with van der Waals surface area (Å²) in [6.45, 7) is 2.18. The summed E-state index contributed by atoms with van der Waals surface area (Å²) in [7, 11) is 1.66. The Labute approximate surface area is 118 Å². The molecule has 0 aliphatic carbocycles. The number of oxazole rings is 1. The van der Waals surface area contributed by atoms with Crippen LogP contribution in [0.25, 0.3) is 22.6 Å². The summed E-state index contributed by atoms with van der Waals surface area (Å²) in [4.78, 5) is 4.57. The highest BCUT2D eigenvalue weighted by molar-refractivity contribution is 5.77. The smallest absolute Gasteiger partial charge is 0.227 e. The van der Waals surface area contributed by atoms with Crippen LogP contribution in [0.2, 0.25) is 0 Å². The quantitative estimate of drug-likeness (QED) is 0.700. The standard InChI is InChI=1S/C17H17NO2/c1-3-4-12-5-10-16-15(11-12)18-17(20-16)13-6-8-14(19-2)9-7-13/h5-11H,3-4H2,1-2H3. The van der Waals surface area contributed by atoms with Crippen LogP contribution in [0.5, 0.6) is 5.75 Å². The summed E-state index contributed by atoms with van der Waals surface area (Å²) in [5, 5.41) is 0. The monoisotopic (exact) mass is 267 g/mol. The van der Waals surface area contributed by atoms with Gasteiger partial charge in [0.05, 0.1) is 7.11 Å². The number of hydrogen-bond acceptors (Lipinski definition) is 3. The summed E-state index contributed by atoms with van der Waals surface area (Å²) in [5.74, 6) is 1.48. The molecular formula is C17H17NO2. The van der Waals surface area contributed by atoms with E-state index in [2.05, 4.69) is 24.0 Å². The number of methoxy groups -OCH3 is 1. The van der Waals surface area contributed by atoms with E-state index in [1.165, 1.54) is 5.56 Å². The zero-order valence-electron chi connectivity index (χ0n) is 11.7. The van der Waals surface area contributed by atoms with Crippen molar-refractivity contribution in [3.8, 4) is 17.2 Å². The fourth-order valence-electron chi connectivity index (χ4n) is 2.27. The Hall–Kier alpha value is -2.29. The third kappa shape index (κ3) is 2.39. The van der Waals surface area contributed by atoms with E-state index in [-0.39, 0.29) is 0 Å². The van der Waals surface area contributed by atoms with Crippen LogP contribution in [0.3, 0.4) is 0 Å². The number of nitrogens with zero attached hydrogens (tertiary/aromatic N) is 1. The molecular weight excluding hydrogens is 250 g/mol. The second-order valence-corrected chi connectivity index (χ2v) is 4.80. The average molecular weight is 267 g/mol. The van der Waals surface area contributed by atoms with Gasteiger partial charge in [0.25, 0.3) is 0 Å². The van der Waals surface area contributed by atoms with E-state index in [4.69, 9.17) is 9.15 Å². The summed E-state index contributed by atoms with van der Waals surface area (Å²) < 4.78 is 11.0. The fourth-order valence-corrected chi connectivity index (χ4v) is 2.27. The van der Waals surface area contributed by atoms with Gasteiger partial charge in [0.15, 0.2) is 5.58 Å². The Morgan fingerprint density at radius 3 is 2.60 bits per heavy atom. The molecule has 0 atom stereocenters. The molecule has 0 fully saturated rings. The van der Waals surface area contributed by atoms with Gasteiger partial charge in [-0.2, -0.15) is 0 Å². The molecule has 0 unspecified atom stereocenters. The van der Waals surface area contributed by atoms with Crippen molar-refractivity contribution in [1.29, 1.82) is 0 Å². The first-order valence-electron chi connectivity index (χ1n) is 6.84. The van der Waals surface area contributed by atoms with E-state index in [0.29, 0.717) is 5.89 Å². The molecule has 0 saturated heterocycles. The largest absolute Gasteiger partial charge is 0.497 e.